The van der Waals surface area contributed by atoms with E-state index >= 15 is 0 Å². The molecule has 2 aromatic carbocycles. The van der Waals surface area contributed by atoms with Crippen molar-refractivity contribution in [2.45, 2.75) is 6.42 Å². The maximum Gasteiger partial charge on any atom is 0.0492 e. The van der Waals surface area contributed by atoms with Crippen LogP contribution in [-0.2, 0) is 13.5 Å². The number of hydrogen-bond donors (Lipinski definition) is 1. The number of aromatic nitrogens is 2. The lowest BCUT2D eigenvalue weighted by molar-refractivity contribution is 0.711. The second-order valence-electron chi connectivity index (χ2n) is 5.03. The highest BCUT2D eigenvalue weighted by Gasteiger charge is 2.04. The molecule has 3 heteroatoms. The Hall–Kier alpha value is -2.55. The van der Waals surface area contributed by atoms with E-state index in [-0.39, 0.29) is 0 Å². The molecule has 1 aromatic heterocycles. The van der Waals surface area contributed by atoms with Crippen LogP contribution in [0.25, 0.3) is 11.1 Å². The molecule has 0 fully saturated rings. The minimum absolute atomic E-state index is 0.892. The van der Waals surface area contributed by atoms with Gasteiger partial charge < -0.3 is 5.32 Å². The molecule has 0 atom stereocenters. The Morgan fingerprint density at radius 1 is 0.952 bits per heavy atom. The van der Waals surface area contributed by atoms with Crippen LogP contribution in [0.2, 0.25) is 0 Å². The Bertz CT molecular complexity index is 701. The van der Waals surface area contributed by atoms with Crippen molar-refractivity contribution in [1.29, 1.82) is 0 Å². The monoisotopic (exact) mass is 277 g/mol. The summed E-state index contributed by atoms with van der Waals surface area (Å²) in [5.74, 6) is 0. The SMILES string of the molecule is Cn1nccc1CCNc1ccccc1-c1ccccc1. The first-order chi connectivity index (χ1) is 10.3. The Morgan fingerprint density at radius 2 is 1.71 bits per heavy atom. The van der Waals surface area contributed by atoms with Crippen LogP contribution in [0.4, 0.5) is 5.69 Å². The average molecular weight is 277 g/mol. The van der Waals surface area contributed by atoms with Gasteiger partial charge in [0.05, 0.1) is 0 Å². The lowest BCUT2D eigenvalue weighted by atomic mass is 10.0. The smallest absolute Gasteiger partial charge is 0.0492 e. The lowest BCUT2D eigenvalue weighted by Crippen LogP contribution is -2.08. The van der Waals surface area contributed by atoms with E-state index in [4.69, 9.17) is 0 Å². The van der Waals surface area contributed by atoms with E-state index in [9.17, 15) is 0 Å². The third-order valence-electron chi connectivity index (χ3n) is 3.63. The highest BCUT2D eigenvalue weighted by atomic mass is 15.3. The first kappa shape index (κ1) is 13.4. The van der Waals surface area contributed by atoms with Crippen LogP contribution in [0.5, 0.6) is 0 Å². The van der Waals surface area contributed by atoms with E-state index < -0.39 is 0 Å². The Kier molecular flexibility index (Phi) is 4.01. The van der Waals surface area contributed by atoms with Crippen molar-refractivity contribution in [1.82, 2.24) is 9.78 Å². The van der Waals surface area contributed by atoms with Crippen LogP contribution in [0.3, 0.4) is 0 Å². The minimum atomic E-state index is 0.892. The molecular formula is C18H19N3. The minimum Gasteiger partial charge on any atom is -0.384 e. The summed E-state index contributed by atoms with van der Waals surface area (Å²) >= 11 is 0. The van der Waals surface area contributed by atoms with Gasteiger partial charge in [0.1, 0.15) is 0 Å². The van der Waals surface area contributed by atoms with E-state index in [0.29, 0.717) is 0 Å². The van der Waals surface area contributed by atoms with Gasteiger partial charge in [0.25, 0.3) is 0 Å². The molecule has 0 saturated heterocycles. The van der Waals surface area contributed by atoms with Gasteiger partial charge in [0.2, 0.25) is 0 Å². The molecule has 0 spiro atoms. The highest BCUT2D eigenvalue weighted by molar-refractivity contribution is 5.77. The average Bonchev–Trinajstić information content (AvgIpc) is 2.94. The van der Waals surface area contributed by atoms with Crippen molar-refractivity contribution in [3.8, 4) is 11.1 Å². The fourth-order valence-corrected chi connectivity index (χ4v) is 2.48. The number of rotatable bonds is 5. The van der Waals surface area contributed by atoms with Crippen LogP contribution < -0.4 is 5.32 Å². The molecule has 0 bridgehead atoms. The molecule has 0 radical (unpaired) electrons. The van der Waals surface area contributed by atoms with E-state index in [0.717, 1.165) is 13.0 Å². The van der Waals surface area contributed by atoms with Crippen LogP contribution in [0, 0.1) is 0 Å². The molecule has 0 aliphatic rings. The summed E-state index contributed by atoms with van der Waals surface area (Å²) in [6, 6.07) is 21.0. The Balaban J connectivity index is 1.73. The maximum absolute atomic E-state index is 4.20. The fraction of sp³-hybridized carbons (Fsp3) is 0.167. The normalized spacial score (nSPS) is 10.5. The van der Waals surface area contributed by atoms with Gasteiger partial charge in [-0.15, -0.1) is 0 Å². The van der Waals surface area contributed by atoms with Crippen LogP contribution >= 0.6 is 0 Å². The third kappa shape index (κ3) is 3.14. The summed E-state index contributed by atoms with van der Waals surface area (Å²) in [5, 5.41) is 7.73. The van der Waals surface area contributed by atoms with Gasteiger partial charge in [0, 0.05) is 43.2 Å². The molecule has 0 saturated carbocycles. The number of hydrogen-bond acceptors (Lipinski definition) is 2. The van der Waals surface area contributed by atoms with Gasteiger partial charge in [-0.05, 0) is 17.7 Å². The van der Waals surface area contributed by atoms with Gasteiger partial charge >= 0.3 is 0 Å². The van der Waals surface area contributed by atoms with Gasteiger partial charge in [0.15, 0.2) is 0 Å². The molecule has 0 aliphatic heterocycles. The predicted molar refractivity (Wildman–Crippen MR) is 87.3 cm³/mol. The van der Waals surface area contributed by atoms with Gasteiger partial charge in [-0.25, -0.2) is 0 Å². The molecule has 3 rings (SSSR count). The van der Waals surface area contributed by atoms with Crippen molar-refractivity contribution in [2.24, 2.45) is 7.05 Å². The molecule has 106 valence electrons. The molecular weight excluding hydrogens is 258 g/mol. The summed E-state index contributed by atoms with van der Waals surface area (Å²) < 4.78 is 1.92. The van der Waals surface area contributed by atoms with Crippen molar-refractivity contribution in [2.75, 3.05) is 11.9 Å². The number of nitrogens with one attached hydrogen (secondary N) is 1. The van der Waals surface area contributed by atoms with Gasteiger partial charge in [-0.3, -0.25) is 4.68 Å². The Labute approximate surface area is 125 Å². The standard InChI is InChI=1S/C18H19N3/c1-21-16(12-14-20-21)11-13-19-18-10-6-5-9-17(18)15-7-3-2-4-8-15/h2-10,12,14,19H,11,13H2,1H3. The Morgan fingerprint density at radius 3 is 2.48 bits per heavy atom. The van der Waals surface area contributed by atoms with Crippen molar-refractivity contribution in [3.05, 3.63) is 72.6 Å². The zero-order valence-electron chi connectivity index (χ0n) is 12.2. The van der Waals surface area contributed by atoms with Gasteiger partial charge in [-0.2, -0.15) is 5.10 Å². The van der Waals surface area contributed by atoms with Crippen LogP contribution in [0.15, 0.2) is 66.9 Å². The molecule has 0 aliphatic carbocycles. The number of anilines is 1. The second kappa shape index (κ2) is 6.27. The van der Waals surface area contributed by atoms with E-state index in [1.54, 1.807) is 0 Å². The maximum atomic E-state index is 4.20. The van der Waals surface area contributed by atoms with Crippen LogP contribution in [0.1, 0.15) is 5.69 Å². The third-order valence-corrected chi connectivity index (χ3v) is 3.63. The van der Waals surface area contributed by atoms with Crippen LogP contribution in [-0.4, -0.2) is 16.3 Å². The van der Waals surface area contributed by atoms with Crippen molar-refractivity contribution < 1.29 is 0 Å². The summed E-state index contributed by atoms with van der Waals surface area (Å²) in [6.07, 6.45) is 2.80. The van der Waals surface area contributed by atoms with Crippen molar-refractivity contribution in [3.63, 3.8) is 0 Å². The van der Waals surface area contributed by atoms with Gasteiger partial charge in [-0.1, -0.05) is 48.5 Å². The zero-order valence-corrected chi connectivity index (χ0v) is 12.2. The zero-order chi connectivity index (χ0) is 14.5. The number of benzene rings is 2. The summed E-state index contributed by atoms with van der Waals surface area (Å²) in [7, 11) is 1.98. The van der Waals surface area contributed by atoms with E-state index in [1.807, 2.05) is 24.0 Å². The number of aryl methyl sites for hydroxylation is 1. The number of nitrogens with zero attached hydrogens (tertiary/aromatic N) is 2. The molecule has 21 heavy (non-hydrogen) atoms. The van der Waals surface area contributed by atoms with E-state index in [1.165, 1.54) is 22.5 Å². The molecule has 3 aromatic rings. The topological polar surface area (TPSA) is 29.9 Å². The number of para-hydroxylation sites is 1. The molecule has 0 amide bonds. The van der Waals surface area contributed by atoms with E-state index in [2.05, 4.69) is 65.0 Å². The lowest BCUT2D eigenvalue weighted by Gasteiger charge is -2.12. The molecule has 0 unspecified atom stereocenters. The predicted octanol–water partition coefficient (Wildman–Crippen LogP) is 3.74. The molecule has 1 N–H and O–H groups in total. The summed E-state index contributed by atoms with van der Waals surface area (Å²) in [5.41, 5.74) is 4.88. The molecule has 1 heterocycles. The first-order valence-corrected chi connectivity index (χ1v) is 7.20. The summed E-state index contributed by atoms with van der Waals surface area (Å²) in [6.45, 7) is 0.892. The fourth-order valence-electron chi connectivity index (χ4n) is 2.48. The summed E-state index contributed by atoms with van der Waals surface area (Å²) in [4.78, 5) is 0. The second-order valence-corrected chi connectivity index (χ2v) is 5.03. The van der Waals surface area contributed by atoms with Crippen molar-refractivity contribution >= 4 is 5.69 Å². The first-order valence-electron chi connectivity index (χ1n) is 7.20. The molecule has 3 nitrogen and oxygen atoms in total. The largest absolute Gasteiger partial charge is 0.384 e. The highest BCUT2D eigenvalue weighted by Crippen LogP contribution is 2.27. The quantitative estimate of drug-likeness (QED) is 0.770.